The van der Waals surface area contributed by atoms with Gasteiger partial charge in [0.2, 0.25) is 0 Å². The maximum absolute atomic E-state index is 13.6. The number of rotatable bonds is 5. The van der Waals surface area contributed by atoms with E-state index in [1.54, 1.807) is 12.1 Å². The van der Waals surface area contributed by atoms with Crippen molar-refractivity contribution in [3.8, 4) is 0 Å². The Balaban J connectivity index is 2.31. The highest BCUT2D eigenvalue weighted by Gasteiger charge is 2.32. The predicted octanol–water partition coefficient (Wildman–Crippen LogP) is 2.71. The highest BCUT2D eigenvalue weighted by molar-refractivity contribution is 5.22. The molecule has 0 aromatic heterocycles. The summed E-state index contributed by atoms with van der Waals surface area (Å²) < 4.78 is 19.1. The van der Waals surface area contributed by atoms with Gasteiger partial charge in [-0.15, -0.1) is 0 Å². The van der Waals surface area contributed by atoms with Crippen molar-refractivity contribution in [1.82, 2.24) is 4.90 Å². The van der Waals surface area contributed by atoms with E-state index in [4.69, 9.17) is 10.5 Å². The van der Waals surface area contributed by atoms with Gasteiger partial charge in [-0.3, -0.25) is 4.90 Å². The smallest absolute Gasteiger partial charge is 0.123 e. The second-order valence-corrected chi connectivity index (χ2v) is 5.45. The Morgan fingerprint density at radius 1 is 1.45 bits per heavy atom. The van der Waals surface area contributed by atoms with E-state index in [9.17, 15) is 4.39 Å². The quantitative estimate of drug-likeness (QED) is 0.901. The summed E-state index contributed by atoms with van der Waals surface area (Å²) in [5.41, 5.74) is 7.31. The average molecular weight is 280 g/mol. The first-order valence-corrected chi connectivity index (χ1v) is 7.51. The first kappa shape index (κ1) is 15.4. The summed E-state index contributed by atoms with van der Waals surface area (Å²) in [7, 11) is 0. The van der Waals surface area contributed by atoms with E-state index in [2.05, 4.69) is 18.7 Å². The Kier molecular flexibility index (Phi) is 5.52. The molecule has 1 aromatic rings. The Labute approximate surface area is 120 Å². The summed E-state index contributed by atoms with van der Waals surface area (Å²) in [4.78, 5) is 2.40. The van der Waals surface area contributed by atoms with Gasteiger partial charge in [0.05, 0.1) is 19.3 Å². The van der Waals surface area contributed by atoms with Crippen molar-refractivity contribution in [3.63, 3.8) is 0 Å². The van der Waals surface area contributed by atoms with E-state index < -0.39 is 0 Å². The van der Waals surface area contributed by atoms with Crippen LogP contribution in [0.4, 0.5) is 4.39 Å². The van der Waals surface area contributed by atoms with Crippen molar-refractivity contribution in [1.29, 1.82) is 0 Å². The molecule has 20 heavy (non-hydrogen) atoms. The van der Waals surface area contributed by atoms with Crippen LogP contribution in [0.3, 0.4) is 0 Å². The molecule has 0 spiro atoms. The minimum atomic E-state index is -0.197. The molecule has 2 rings (SSSR count). The fourth-order valence-electron chi connectivity index (χ4n) is 2.98. The Morgan fingerprint density at radius 3 is 2.90 bits per heavy atom. The minimum Gasteiger partial charge on any atom is -0.378 e. The number of hydrogen-bond donors (Lipinski definition) is 1. The number of nitrogens with zero attached hydrogens (tertiary/aromatic N) is 1. The van der Waals surface area contributed by atoms with Gasteiger partial charge >= 0.3 is 0 Å². The molecule has 0 bridgehead atoms. The minimum absolute atomic E-state index is 0.00366. The highest BCUT2D eigenvalue weighted by atomic mass is 19.1. The van der Waals surface area contributed by atoms with Crippen LogP contribution in [0.5, 0.6) is 0 Å². The molecule has 1 heterocycles. The van der Waals surface area contributed by atoms with Gasteiger partial charge in [0, 0.05) is 18.6 Å². The monoisotopic (exact) mass is 280 g/mol. The maximum Gasteiger partial charge on any atom is 0.123 e. The molecule has 3 nitrogen and oxygen atoms in total. The second-order valence-electron chi connectivity index (χ2n) is 5.45. The van der Waals surface area contributed by atoms with E-state index >= 15 is 0 Å². The predicted molar refractivity (Wildman–Crippen MR) is 79.0 cm³/mol. The number of morpholine rings is 1. The van der Waals surface area contributed by atoms with Crippen LogP contribution < -0.4 is 5.73 Å². The molecule has 1 aromatic carbocycles. The fraction of sp³-hybridized carbons (Fsp3) is 0.625. The Morgan fingerprint density at radius 2 is 2.25 bits per heavy atom. The molecule has 0 amide bonds. The molecular weight excluding hydrogens is 255 g/mol. The van der Waals surface area contributed by atoms with Gasteiger partial charge in [-0.1, -0.05) is 26.0 Å². The maximum atomic E-state index is 13.6. The van der Waals surface area contributed by atoms with Crippen molar-refractivity contribution >= 4 is 0 Å². The largest absolute Gasteiger partial charge is 0.378 e. The lowest BCUT2D eigenvalue weighted by atomic mass is 9.94. The summed E-state index contributed by atoms with van der Waals surface area (Å²) in [6, 6.07) is 7.26. The van der Waals surface area contributed by atoms with Gasteiger partial charge in [-0.05, 0) is 30.5 Å². The molecule has 3 atom stereocenters. The van der Waals surface area contributed by atoms with Crippen molar-refractivity contribution < 1.29 is 9.13 Å². The van der Waals surface area contributed by atoms with E-state index in [0.717, 1.165) is 38.2 Å². The molecule has 4 heteroatoms. The number of halogens is 1. The van der Waals surface area contributed by atoms with Gasteiger partial charge in [0.25, 0.3) is 0 Å². The summed E-state index contributed by atoms with van der Waals surface area (Å²) in [5, 5.41) is 0. The van der Waals surface area contributed by atoms with Crippen molar-refractivity contribution in [2.24, 2.45) is 5.73 Å². The third-order valence-electron chi connectivity index (χ3n) is 4.17. The van der Waals surface area contributed by atoms with Crippen LogP contribution in [0.15, 0.2) is 24.3 Å². The van der Waals surface area contributed by atoms with E-state index in [0.29, 0.717) is 6.04 Å². The molecule has 1 saturated heterocycles. The summed E-state index contributed by atoms with van der Waals surface area (Å²) in [6.45, 7) is 6.55. The van der Waals surface area contributed by atoms with Crippen LogP contribution in [0.1, 0.15) is 38.3 Å². The lowest BCUT2D eigenvalue weighted by Crippen LogP contribution is -2.51. The highest BCUT2D eigenvalue weighted by Crippen LogP contribution is 2.29. The second kappa shape index (κ2) is 7.16. The lowest BCUT2D eigenvalue weighted by molar-refractivity contribution is -0.0362. The van der Waals surface area contributed by atoms with Crippen LogP contribution >= 0.6 is 0 Å². The number of benzene rings is 1. The Bertz CT molecular complexity index is 427. The van der Waals surface area contributed by atoms with E-state index in [1.807, 2.05) is 6.07 Å². The van der Waals surface area contributed by atoms with E-state index in [1.165, 1.54) is 6.07 Å². The standard InChI is InChI=1S/C16H25FN2O/c1-3-14-11-20-9-8-19(14)16(15(18)4-2)12-6-5-7-13(17)10-12/h5-7,10,14-16H,3-4,8-9,11,18H2,1-2H3. The number of nitrogens with two attached hydrogens (primary N) is 1. The van der Waals surface area contributed by atoms with Crippen molar-refractivity contribution in [3.05, 3.63) is 35.6 Å². The van der Waals surface area contributed by atoms with Crippen LogP contribution in [-0.4, -0.2) is 36.7 Å². The Hall–Kier alpha value is -0.970. The topological polar surface area (TPSA) is 38.5 Å². The molecule has 1 fully saturated rings. The summed E-state index contributed by atoms with van der Waals surface area (Å²) >= 11 is 0. The third-order valence-corrected chi connectivity index (χ3v) is 4.17. The van der Waals surface area contributed by atoms with Crippen LogP contribution in [-0.2, 0) is 4.74 Å². The molecule has 3 unspecified atom stereocenters. The molecule has 1 aliphatic heterocycles. The van der Waals surface area contributed by atoms with Gasteiger partial charge in [-0.2, -0.15) is 0 Å². The van der Waals surface area contributed by atoms with Crippen LogP contribution in [0.2, 0.25) is 0 Å². The molecule has 2 N–H and O–H groups in total. The molecular formula is C16H25FN2O. The zero-order valence-electron chi connectivity index (χ0n) is 12.4. The van der Waals surface area contributed by atoms with E-state index in [-0.39, 0.29) is 17.9 Å². The first-order chi connectivity index (χ1) is 9.67. The van der Waals surface area contributed by atoms with Gasteiger partial charge in [0.1, 0.15) is 5.82 Å². The third kappa shape index (κ3) is 3.37. The number of hydrogen-bond acceptors (Lipinski definition) is 3. The lowest BCUT2D eigenvalue weighted by Gasteiger charge is -2.43. The van der Waals surface area contributed by atoms with Crippen molar-refractivity contribution in [2.75, 3.05) is 19.8 Å². The molecule has 112 valence electrons. The zero-order chi connectivity index (χ0) is 14.5. The summed E-state index contributed by atoms with van der Waals surface area (Å²) in [6.07, 6.45) is 1.89. The number of ether oxygens (including phenoxy) is 1. The van der Waals surface area contributed by atoms with Gasteiger partial charge in [-0.25, -0.2) is 4.39 Å². The van der Waals surface area contributed by atoms with Gasteiger partial charge < -0.3 is 10.5 Å². The zero-order valence-corrected chi connectivity index (χ0v) is 12.4. The first-order valence-electron chi connectivity index (χ1n) is 7.51. The normalized spacial score (nSPS) is 23.5. The van der Waals surface area contributed by atoms with Gasteiger partial charge in [0.15, 0.2) is 0 Å². The molecule has 0 radical (unpaired) electrons. The van der Waals surface area contributed by atoms with Crippen molar-refractivity contribution in [2.45, 2.75) is 44.8 Å². The SMILES string of the molecule is CCC(N)C(c1cccc(F)c1)N1CCOCC1CC. The van der Waals surface area contributed by atoms with Crippen LogP contribution in [0.25, 0.3) is 0 Å². The molecule has 1 aliphatic rings. The average Bonchev–Trinajstić information content (AvgIpc) is 2.48. The summed E-state index contributed by atoms with van der Waals surface area (Å²) in [5.74, 6) is -0.197. The fourth-order valence-corrected chi connectivity index (χ4v) is 2.98. The molecule has 0 saturated carbocycles. The van der Waals surface area contributed by atoms with Crippen LogP contribution in [0, 0.1) is 5.82 Å². The molecule has 0 aliphatic carbocycles.